The summed E-state index contributed by atoms with van der Waals surface area (Å²) in [7, 11) is 3.16. The summed E-state index contributed by atoms with van der Waals surface area (Å²) >= 11 is 5.98. The second kappa shape index (κ2) is 6.69. The largest absolute Gasteiger partial charge is 0.469 e. The second-order valence-electron chi connectivity index (χ2n) is 6.01. The van der Waals surface area contributed by atoms with Gasteiger partial charge in [-0.15, -0.1) is 0 Å². The number of hydrogen-bond donors (Lipinski definition) is 0. The lowest BCUT2D eigenvalue weighted by Crippen LogP contribution is -2.31. The number of likely N-dealkylation sites (tertiary alicyclic amines) is 1. The van der Waals surface area contributed by atoms with Crippen molar-refractivity contribution in [1.29, 1.82) is 0 Å². The minimum Gasteiger partial charge on any atom is -0.469 e. The molecule has 1 aliphatic rings. The summed E-state index contributed by atoms with van der Waals surface area (Å²) in [4.78, 5) is 26.7. The highest BCUT2D eigenvalue weighted by molar-refractivity contribution is 6.31. The number of ether oxygens (including phenoxy) is 1. The molecular weight excluding hydrogens is 328 g/mol. The van der Waals surface area contributed by atoms with Gasteiger partial charge in [0, 0.05) is 32.3 Å². The molecule has 0 N–H and O–H groups in total. The van der Waals surface area contributed by atoms with Gasteiger partial charge in [0.05, 0.1) is 18.1 Å². The molecule has 0 unspecified atom stereocenters. The van der Waals surface area contributed by atoms with Gasteiger partial charge in [0.15, 0.2) is 0 Å². The molecule has 2 atom stereocenters. The average molecular weight is 347 g/mol. The lowest BCUT2D eigenvalue weighted by atomic mass is 9.89. The number of aryl methyl sites for hydroxylation is 1. The molecule has 126 valence electrons. The minimum absolute atomic E-state index is 0.0710. The van der Waals surface area contributed by atoms with Crippen molar-refractivity contribution in [3.05, 3.63) is 58.9 Å². The molecule has 1 aromatic carbocycles. The Morgan fingerprint density at radius 1 is 1.21 bits per heavy atom. The fourth-order valence-electron chi connectivity index (χ4n) is 3.30. The summed E-state index contributed by atoms with van der Waals surface area (Å²) in [5.74, 6) is -0.851. The molecule has 0 saturated carbocycles. The van der Waals surface area contributed by atoms with E-state index in [-0.39, 0.29) is 23.7 Å². The summed E-state index contributed by atoms with van der Waals surface area (Å²) in [6.45, 7) is 0.819. The van der Waals surface area contributed by atoms with E-state index >= 15 is 0 Å². The van der Waals surface area contributed by atoms with E-state index < -0.39 is 0 Å². The molecule has 2 aromatic rings. The molecule has 1 amide bonds. The van der Waals surface area contributed by atoms with Gasteiger partial charge in [-0.3, -0.25) is 9.59 Å². The Bertz CT molecular complexity index is 757. The molecule has 1 aromatic heterocycles. The molecule has 0 bridgehead atoms. The fraction of sp³-hybridized carbons (Fsp3) is 0.333. The molecule has 0 radical (unpaired) electrons. The summed E-state index contributed by atoms with van der Waals surface area (Å²) in [6, 6.07) is 11.4. The molecule has 5 nitrogen and oxygen atoms in total. The maximum atomic E-state index is 12.8. The van der Waals surface area contributed by atoms with Crippen molar-refractivity contribution >= 4 is 23.5 Å². The quantitative estimate of drug-likeness (QED) is 0.803. The summed E-state index contributed by atoms with van der Waals surface area (Å²) in [5, 5.41) is 0.518. The number of esters is 1. The highest BCUT2D eigenvalue weighted by Gasteiger charge is 2.41. The van der Waals surface area contributed by atoms with Crippen LogP contribution in [0.4, 0.5) is 0 Å². The first-order valence-corrected chi connectivity index (χ1v) is 8.13. The van der Waals surface area contributed by atoms with Crippen LogP contribution in [0.3, 0.4) is 0 Å². The van der Waals surface area contributed by atoms with Crippen LogP contribution in [-0.2, 0) is 16.6 Å². The third-order valence-electron chi connectivity index (χ3n) is 4.53. The van der Waals surface area contributed by atoms with Gasteiger partial charge in [0.25, 0.3) is 5.91 Å². The molecule has 1 aliphatic heterocycles. The lowest BCUT2D eigenvalue weighted by Gasteiger charge is -2.17. The molecule has 0 aliphatic carbocycles. The first-order valence-electron chi connectivity index (χ1n) is 7.75. The van der Waals surface area contributed by atoms with Crippen LogP contribution in [0.2, 0.25) is 5.02 Å². The van der Waals surface area contributed by atoms with Crippen LogP contribution >= 0.6 is 11.6 Å². The maximum absolute atomic E-state index is 12.8. The number of nitrogens with zero attached hydrogens (tertiary/aromatic N) is 2. The number of benzene rings is 1. The number of aromatic nitrogens is 1. The number of rotatable bonds is 3. The third-order valence-corrected chi connectivity index (χ3v) is 4.74. The van der Waals surface area contributed by atoms with E-state index in [2.05, 4.69) is 0 Å². The van der Waals surface area contributed by atoms with Crippen LogP contribution in [0.1, 0.15) is 22.0 Å². The maximum Gasteiger partial charge on any atom is 0.311 e. The van der Waals surface area contributed by atoms with Crippen molar-refractivity contribution in [3.63, 3.8) is 0 Å². The van der Waals surface area contributed by atoms with Crippen molar-refractivity contribution in [2.75, 3.05) is 20.2 Å². The van der Waals surface area contributed by atoms with Gasteiger partial charge < -0.3 is 14.2 Å². The molecule has 1 fully saturated rings. The SMILES string of the molecule is COC(=O)[C@@H]1CN(C(=O)c2cc(Cl)cn2C)C[C@@H]1c1ccccc1. The van der Waals surface area contributed by atoms with Crippen LogP contribution in [0.25, 0.3) is 0 Å². The Kier molecular flexibility index (Phi) is 4.62. The van der Waals surface area contributed by atoms with E-state index in [0.29, 0.717) is 23.8 Å². The first-order chi connectivity index (χ1) is 11.5. The molecule has 0 spiro atoms. The van der Waals surface area contributed by atoms with E-state index in [1.807, 2.05) is 30.3 Å². The van der Waals surface area contributed by atoms with Gasteiger partial charge >= 0.3 is 5.97 Å². The van der Waals surface area contributed by atoms with E-state index in [1.165, 1.54) is 7.11 Å². The van der Waals surface area contributed by atoms with Crippen molar-refractivity contribution in [2.45, 2.75) is 5.92 Å². The van der Waals surface area contributed by atoms with Crippen molar-refractivity contribution in [3.8, 4) is 0 Å². The predicted octanol–water partition coefficient (Wildman–Crippen LogP) is 2.71. The van der Waals surface area contributed by atoms with Crippen LogP contribution in [0.15, 0.2) is 42.6 Å². The van der Waals surface area contributed by atoms with Gasteiger partial charge in [-0.1, -0.05) is 41.9 Å². The number of hydrogen-bond acceptors (Lipinski definition) is 3. The number of amides is 1. The number of carbonyl (C=O) groups is 2. The zero-order chi connectivity index (χ0) is 17.3. The zero-order valence-corrected chi connectivity index (χ0v) is 14.4. The smallest absolute Gasteiger partial charge is 0.311 e. The van der Waals surface area contributed by atoms with Gasteiger partial charge in [0.1, 0.15) is 5.69 Å². The number of carbonyl (C=O) groups excluding carboxylic acids is 2. The molecular formula is C18H19ClN2O3. The highest BCUT2D eigenvalue weighted by atomic mass is 35.5. The second-order valence-corrected chi connectivity index (χ2v) is 6.45. The zero-order valence-electron chi connectivity index (χ0n) is 13.6. The Hall–Kier alpha value is -2.27. The third kappa shape index (κ3) is 3.04. The standard InChI is InChI=1S/C18H19ClN2O3/c1-20-9-13(19)8-16(20)17(22)21-10-14(12-6-4-3-5-7-12)15(11-21)18(23)24-2/h3-9,14-15H,10-11H2,1-2H3/t14-,15-/m1/s1. The van der Waals surface area contributed by atoms with E-state index in [9.17, 15) is 9.59 Å². The van der Waals surface area contributed by atoms with Crippen LogP contribution in [0, 0.1) is 5.92 Å². The predicted molar refractivity (Wildman–Crippen MR) is 91.0 cm³/mol. The van der Waals surface area contributed by atoms with E-state index in [0.717, 1.165) is 5.56 Å². The van der Waals surface area contributed by atoms with E-state index in [1.54, 1.807) is 28.8 Å². The number of halogens is 1. The van der Waals surface area contributed by atoms with Crippen LogP contribution < -0.4 is 0 Å². The molecule has 3 rings (SSSR count). The average Bonchev–Trinajstić information content (AvgIpc) is 3.18. The van der Waals surface area contributed by atoms with Gasteiger partial charge in [-0.2, -0.15) is 0 Å². The first kappa shape index (κ1) is 16.6. The van der Waals surface area contributed by atoms with Gasteiger partial charge in [-0.25, -0.2) is 0 Å². The Balaban J connectivity index is 1.88. The van der Waals surface area contributed by atoms with Gasteiger partial charge in [-0.05, 0) is 11.6 Å². The topological polar surface area (TPSA) is 51.5 Å². The Labute approximate surface area is 145 Å². The minimum atomic E-state index is -0.364. The fourth-order valence-corrected chi connectivity index (χ4v) is 3.55. The molecule has 2 heterocycles. The summed E-state index contributed by atoms with van der Waals surface area (Å²) in [5.41, 5.74) is 1.55. The van der Waals surface area contributed by atoms with Crippen molar-refractivity contribution in [2.24, 2.45) is 13.0 Å². The Morgan fingerprint density at radius 3 is 2.50 bits per heavy atom. The monoisotopic (exact) mass is 346 g/mol. The summed E-state index contributed by atoms with van der Waals surface area (Å²) < 4.78 is 6.65. The Morgan fingerprint density at radius 2 is 1.92 bits per heavy atom. The number of methoxy groups -OCH3 is 1. The highest BCUT2D eigenvalue weighted by Crippen LogP contribution is 2.34. The molecule has 1 saturated heterocycles. The molecule has 6 heteroatoms. The normalized spacial score (nSPS) is 20.2. The van der Waals surface area contributed by atoms with E-state index in [4.69, 9.17) is 16.3 Å². The van der Waals surface area contributed by atoms with Crippen molar-refractivity contribution < 1.29 is 14.3 Å². The van der Waals surface area contributed by atoms with Crippen LogP contribution in [0.5, 0.6) is 0 Å². The van der Waals surface area contributed by atoms with Crippen molar-refractivity contribution in [1.82, 2.24) is 9.47 Å². The lowest BCUT2D eigenvalue weighted by molar-refractivity contribution is -0.145. The summed E-state index contributed by atoms with van der Waals surface area (Å²) in [6.07, 6.45) is 1.69. The molecule has 24 heavy (non-hydrogen) atoms. The van der Waals surface area contributed by atoms with Crippen LogP contribution in [-0.4, -0.2) is 41.5 Å². The van der Waals surface area contributed by atoms with Gasteiger partial charge in [0.2, 0.25) is 0 Å².